The van der Waals surface area contributed by atoms with Crippen molar-refractivity contribution in [1.29, 1.82) is 0 Å². The van der Waals surface area contributed by atoms with E-state index in [2.05, 4.69) is 6.58 Å². The Morgan fingerprint density at radius 2 is 1.97 bits per heavy atom. The molecule has 7 nitrogen and oxygen atoms in total. The van der Waals surface area contributed by atoms with Gasteiger partial charge in [0.2, 0.25) is 0 Å². The van der Waals surface area contributed by atoms with Crippen molar-refractivity contribution in [2.75, 3.05) is 6.61 Å². The molecule has 4 atom stereocenters. The van der Waals surface area contributed by atoms with Crippen molar-refractivity contribution in [1.82, 2.24) is 0 Å². The van der Waals surface area contributed by atoms with Crippen molar-refractivity contribution in [3.05, 3.63) is 64.8 Å². The van der Waals surface area contributed by atoms with Gasteiger partial charge in [0.1, 0.15) is 18.0 Å². The number of ketones is 1. The molecule has 4 rings (SSSR count). The van der Waals surface area contributed by atoms with Gasteiger partial charge in [0.25, 0.3) is 0 Å². The highest BCUT2D eigenvalue weighted by atomic mass is 16.6. The molecule has 0 saturated carbocycles. The zero-order valence-corrected chi connectivity index (χ0v) is 16.5. The third kappa shape index (κ3) is 3.35. The smallest absolute Gasteiger partial charge is 0.334 e. The molecule has 1 aliphatic heterocycles. The molecule has 0 bridgehead atoms. The van der Waals surface area contributed by atoms with Crippen molar-refractivity contribution in [2.24, 2.45) is 11.8 Å². The van der Waals surface area contributed by atoms with Crippen molar-refractivity contribution < 1.29 is 34.1 Å². The van der Waals surface area contributed by atoms with Crippen LogP contribution in [0.15, 0.2) is 59.2 Å². The van der Waals surface area contributed by atoms with Crippen molar-refractivity contribution >= 4 is 17.7 Å². The number of carbonyl (C=O) groups excluding carboxylic acids is 3. The molecule has 0 radical (unpaired) electrons. The van der Waals surface area contributed by atoms with Gasteiger partial charge in [-0.05, 0) is 36.3 Å². The highest BCUT2D eigenvalue weighted by Gasteiger charge is 2.54. The molecule has 2 N–H and O–H groups in total. The number of aromatic hydroxyl groups is 1. The summed E-state index contributed by atoms with van der Waals surface area (Å²) < 4.78 is 11.3. The molecule has 1 saturated heterocycles. The Labute approximate surface area is 173 Å². The Morgan fingerprint density at radius 1 is 1.27 bits per heavy atom. The van der Waals surface area contributed by atoms with Crippen LogP contribution in [-0.2, 0) is 30.3 Å². The fourth-order valence-electron chi connectivity index (χ4n) is 4.63. The summed E-state index contributed by atoms with van der Waals surface area (Å²) in [6, 6.07) is 6.23. The molecule has 3 aliphatic rings. The summed E-state index contributed by atoms with van der Waals surface area (Å²) in [6.45, 7) is 5.31. The number of esters is 2. The molecule has 0 spiro atoms. The molecule has 0 aromatic heterocycles. The second-order valence-corrected chi connectivity index (χ2v) is 7.91. The Kier molecular flexibility index (Phi) is 5.07. The fraction of sp³-hybridized carbons (Fsp3) is 0.348. The van der Waals surface area contributed by atoms with Crippen LogP contribution in [0.3, 0.4) is 0 Å². The van der Waals surface area contributed by atoms with Crippen LogP contribution in [-0.4, -0.2) is 46.7 Å². The van der Waals surface area contributed by atoms with Crippen LogP contribution < -0.4 is 0 Å². The van der Waals surface area contributed by atoms with Crippen LogP contribution in [0.2, 0.25) is 0 Å². The number of carbonyl (C=O) groups is 3. The van der Waals surface area contributed by atoms with E-state index in [1.54, 1.807) is 19.1 Å². The van der Waals surface area contributed by atoms with Gasteiger partial charge in [-0.1, -0.05) is 24.3 Å². The maximum Gasteiger partial charge on any atom is 0.334 e. The van der Waals surface area contributed by atoms with Crippen molar-refractivity contribution in [2.45, 2.75) is 32.0 Å². The summed E-state index contributed by atoms with van der Waals surface area (Å²) in [5, 5.41) is 19.1. The minimum Gasteiger partial charge on any atom is -0.508 e. The van der Waals surface area contributed by atoms with Crippen LogP contribution in [0.25, 0.3) is 0 Å². The van der Waals surface area contributed by atoms with Crippen LogP contribution >= 0.6 is 0 Å². The molecule has 1 aromatic carbocycles. The van der Waals surface area contributed by atoms with Crippen LogP contribution in [0.1, 0.15) is 18.9 Å². The number of allylic oxidation sites excluding steroid dienone is 1. The van der Waals surface area contributed by atoms with Gasteiger partial charge in [-0.25, -0.2) is 4.79 Å². The van der Waals surface area contributed by atoms with Gasteiger partial charge >= 0.3 is 11.9 Å². The van der Waals surface area contributed by atoms with Gasteiger partial charge in [0.05, 0.1) is 18.9 Å². The zero-order valence-electron chi connectivity index (χ0n) is 16.5. The van der Waals surface area contributed by atoms with Crippen molar-refractivity contribution in [3.63, 3.8) is 0 Å². The number of ether oxygens (including phenoxy) is 2. The van der Waals surface area contributed by atoms with E-state index in [1.807, 2.05) is 0 Å². The quantitative estimate of drug-likeness (QED) is 0.575. The van der Waals surface area contributed by atoms with E-state index in [0.717, 1.165) is 5.57 Å². The maximum absolute atomic E-state index is 12.6. The molecule has 30 heavy (non-hydrogen) atoms. The fourth-order valence-corrected chi connectivity index (χ4v) is 4.63. The first-order valence-corrected chi connectivity index (χ1v) is 9.72. The monoisotopic (exact) mass is 410 g/mol. The number of rotatable bonds is 4. The lowest BCUT2D eigenvalue weighted by Crippen LogP contribution is -2.36. The van der Waals surface area contributed by atoms with Gasteiger partial charge in [0.15, 0.2) is 5.78 Å². The molecule has 0 amide bonds. The van der Waals surface area contributed by atoms with E-state index in [1.165, 1.54) is 18.2 Å². The third-order valence-corrected chi connectivity index (χ3v) is 6.00. The minimum absolute atomic E-state index is 0.00474. The van der Waals surface area contributed by atoms with Gasteiger partial charge in [0, 0.05) is 23.5 Å². The van der Waals surface area contributed by atoms with E-state index in [0.29, 0.717) is 16.7 Å². The maximum atomic E-state index is 12.6. The van der Waals surface area contributed by atoms with Crippen molar-refractivity contribution in [3.8, 4) is 5.75 Å². The van der Waals surface area contributed by atoms with E-state index < -0.39 is 36.0 Å². The molecular weight excluding hydrogens is 388 g/mol. The first-order chi connectivity index (χ1) is 14.3. The number of aliphatic hydroxyl groups excluding tert-OH is 1. The molecule has 1 heterocycles. The number of phenols is 1. The summed E-state index contributed by atoms with van der Waals surface area (Å²) in [5.74, 6) is -2.37. The molecule has 7 heteroatoms. The second kappa shape index (κ2) is 7.57. The lowest BCUT2D eigenvalue weighted by molar-refractivity contribution is -0.152. The molecule has 1 aromatic rings. The first-order valence-electron chi connectivity index (χ1n) is 9.72. The Morgan fingerprint density at radius 3 is 2.63 bits per heavy atom. The number of hydrogen-bond donors (Lipinski definition) is 2. The van der Waals surface area contributed by atoms with Crippen LogP contribution in [0, 0.1) is 11.8 Å². The average molecular weight is 410 g/mol. The van der Waals surface area contributed by atoms with E-state index in [-0.39, 0.29) is 36.6 Å². The van der Waals surface area contributed by atoms with Crippen LogP contribution in [0.4, 0.5) is 0 Å². The molecule has 2 aliphatic carbocycles. The largest absolute Gasteiger partial charge is 0.508 e. The third-order valence-electron chi connectivity index (χ3n) is 6.00. The molecule has 156 valence electrons. The van der Waals surface area contributed by atoms with Gasteiger partial charge < -0.3 is 19.7 Å². The highest BCUT2D eigenvalue weighted by molar-refractivity contribution is 6.09. The molecule has 4 unspecified atom stereocenters. The second-order valence-electron chi connectivity index (χ2n) is 7.91. The summed E-state index contributed by atoms with van der Waals surface area (Å²) in [4.78, 5) is 37.5. The molecule has 1 fully saturated rings. The number of benzene rings is 1. The van der Waals surface area contributed by atoms with Crippen LogP contribution in [0.5, 0.6) is 5.75 Å². The number of fused-ring (bicyclic) bond motifs is 3. The van der Waals surface area contributed by atoms with E-state index >= 15 is 0 Å². The molecular formula is C23H22O7. The standard InChI is InChI=1S/C23H22O7/c1-11-7-17(29-18(27)8-13-3-5-15(25)6-4-13)20-12(2)23(28)30-22(20)21-14(10-24)9-16(26)19(11)21/h3-6,9,17,20-22,24-25H,2,7-8,10H2,1H3. The van der Waals surface area contributed by atoms with E-state index in [4.69, 9.17) is 9.47 Å². The topological polar surface area (TPSA) is 110 Å². The Bertz CT molecular complexity index is 999. The van der Waals surface area contributed by atoms with Gasteiger partial charge in [-0.15, -0.1) is 0 Å². The highest BCUT2D eigenvalue weighted by Crippen LogP contribution is 2.48. The SMILES string of the molecule is C=C1C(=O)OC2C3C(CO)=CC(=O)C3=C(C)CC(OC(=O)Cc3ccc(O)cc3)C12. The summed E-state index contributed by atoms with van der Waals surface area (Å²) in [5.41, 5.74) is 2.60. The normalized spacial score (nSPS) is 27.9. The first kappa shape index (κ1) is 20.1. The Balaban J connectivity index is 1.63. The Hall–Kier alpha value is -3.19. The van der Waals surface area contributed by atoms with E-state index in [9.17, 15) is 24.6 Å². The minimum atomic E-state index is -0.756. The predicted octanol–water partition coefficient (Wildman–Crippen LogP) is 1.78. The predicted molar refractivity (Wildman–Crippen MR) is 105 cm³/mol. The van der Waals surface area contributed by atoms with Gasteiger partial charge in [-0.3, -0.25) is 9.59 Å². The number of phenolic OH excluding ortho intramolecular Hbond substituents is 1. The number of hydrogen-bond acceptors (Lipinski definition) is 7. The summed E-state index contributed by atoms with van der Waals surface area (Å²) in [6.07, 6.45) is 0.183. The number of aliphatic hydroxyl groups is 1. The zero-order chi connectivity index (χ0) is 21.6. The lowest BCUT2D eigenvalue weighted by Gasteiger charge is -2.28. The summed E-state index contributed by atoms with van der Waals surface area (Å²) in [7, 11) is 0. The van der Waals surface area contributed by atoms with Gasteiger partial charge in [-0.2, -0.15) is 0 Å². The lowest BCUT2D eigenvalue weighted by atomic mass is 9.82. The summed E-state index contributed by atoms with van der Waals surface area (Å²) >= 11 is 0. The average Bonchev–Trinajstić information content (AvgIpc) is 3.15.